The second-order valence-electron chi connectivity index (χ2n) is 7.59. The zero-order valence-electron chi connectivity index (χ0n) is 15.6. The number of hydrogen-bond acceptors (Lipinski definition) is 0. The van der Waals surface area contributed by atoms with Crippen molar-refractivity contribution >= 4 is 0 Å². The molecule has 2 rings (SSSR count). The first-order valence-corrected chi connectivity index (χ1v) is 7.40. The molecule has 0 aliphatic heterocycles. The average Bonchev–Trinajstić information content (AvgIpc) is 2.37. The average molecular weight is 274 g/mol. The first-order chi connectivity index (χ1) is 9.21. The molecule has 0 heterocycles. The molecule has 2 aromatic rings. The first-order valence-electron chi connectivity index (χ1n) is 7.40. The summed E-state index contributed by atoms with van der Waals surface area (Å²) in [5.74, 6) is 0. The smallest absolute Gasteiger partial charge is 1.00 e. The molecule has 0 saturated heterocycles. The Labute approximate surface area is 143 Å². The van der Waals surface area contributed by atoms with Crippen LogP contribution in [0, 0.1) is 0 Å². The molecular formula is C20H27Li. The Hall–Kier alpha value is -0.963. The molecule has 0 N–H and O–H groups in total. The summed E-state index contributed by atoms with van der Waals surface area (Å²) in [6.07, 6.45) is 0. The SMILES string of the molecule is CC(C)(C)c1cccc(-c2ccccc2)c1C(C)(C)C.[H-].[Li+]. The van der Waals surface area contributed by atoms with Gasteiger partial charge >= 0.3 is 18.9 Å². The van der Waals surface area contributed by atoms with Gasteiger partial charge in [-0.1, -0.05) is 90.1 Å². The minimum atomic E-state index is 0. The van der Waals surface area contributed by atoms with E-state index in [2.05, 4.69) is 90.1 Å². The Kier molecular flexibility index (Phi) is 5.54. The van der Waals surface area contributed by atoms with Crippen molar-refractivity contribution in [1.82, 2.24) is 0 Å². The molecule has 108 valence electrons. The van der Waals surface area contributed by atoms with Crippen molar-refractivity contribution in [2.45, 2.75) is 52.4 Å². The monoisotopic (exact) mass is 274 g/mol. The van der Waals surface area contributed by atoms with Crippen molar-refractivity contribution in [2.24, 2.45) is 0 Å². The Bertz CT molecular complexity index is 589. The first kappa shape index (κ1) is 18.1. The van der Waals surface area contributed by atoms with Crippen molar-refractivity contribution < 1.29 is 20.3 Å². The molecule has 1 heteroatoms. The fraction of sp³-hybridized carbons (Fsp3) is 0.400. The van der Waals surface area contributed by atoms with Gasteiger partial charge in [-0.25, -0.2) is 0 Å². The molecule has 0 spiro atoms. The fourth-order valence-electron chi connectivity index (χ4n) is 2.84. The van der Waals surface area contributed by atoms with Gasteiger partial charge in [0.25, 0.3) is 0 Å². The second kappa shape index (κ2) is 6.43. The second-order valence-corrected chi connectivity index (χ2v) is 7.59. The Morgan fingerprint density at radius 2 is 1.24 bits per heavy atom. The van der Waals surface area contributed by atoms with Crippen LogP contribution in [0.5, 0.6) is 0 Å². The summed E-state index contributed by atoms with van der Waals surface area (Å²) >= 11 is 0. The van der Waals surface area contributed by atoms with Crippen LogP contribution in [0.25, 0.3) is 11.1 Å². The van der Waals surface area contributed by atoms with Crippen LogP contribution in [0.2, 0.25) is 0 Å². The zero-order chi connectivity index (χ0) is 15.0. The topological polar surface area (TPSA) is 0 Å². The predicted octanol–water partition coefficient (Wildman–Crippen LogP) is 3.07. The molecule has 0 unspecified atom stereocenters. The summed E-state index contributed by atoms with van der Waals surface area (Å²) in [7, 11) is 0. The molecule has 0 saturated carbocycles. The molecule has 21 heavy (non-hydrogen) atoms. The number of rotatable bonds is 1. The van der Waals surface area contributed by atoms with E-state index in [0.717, 1.165) is 0 Å². The minimum absolute atomic E-state index is 0. The molecule has 0 aromatic heterocycles. The van der Waals surface area contributed by atoms with Crippen LogP contribution in [0.15, 0.2) is 48.5 Å². The quantitative estimate of drug-likeness (QED) is 0.701. The van der Waals surface area contributed by atoms with Gasteiger partial charge in [-0.2, -0.15) is 0 Å². The standard InChI is InChI=1S/C20H26.Li.H/c1-19(2,3)17-14-10-13-16(18(17)20(4,5)6)15-11-8-7-9-12-15;;/h7-14H,1-6H3;;/q;+1;-1. The van der Waals surface area contributed by atoms with E-state index in [0.29, 0.717) is 0 Å². The maximum Gasteiger partial charge on any atom is 1.00 e. The van der Waals surface area contributed by atoms with Gasteiger partial charge in [0.05, 0.1) is 0 Å². The van der Waals surface area contributed by atoms with Crippen molar-refractivity contribution in [3.8, 4) is 11.1 Å². The molecule has 0 amide bonds. The third kappa shape index (κ3) is 4.03. The van der Waals surface area contributed by atoms with Crippen LogP contribution in [-0.4, -0.2) is 0 Å². The molecule has 0 aliphatic rings. The van der Waals surface area contributed by atoms with Crippen LogP contribution in [0.4, 0.5) is 0 Å². The number of hydrogen-bond donors (Lipinski definition) is 0. The Morgan fingerprint density at radius 3 is 1.71 bits per heavy atom. The summed E-state index contributed by atoms with van der Waals surface area (Å²) in [6.45, 7) is 13.8. The molecule has 0 radical (unpaired) electrons. The third-order valence-electron chi connectivity index (χ3n) is 3.71. The largest absolute Gasteiger partial charge is 1.00 e. The van der Waals surface area contributed by atoms with E-state index in [4.69, 9.17) is 0 Å². The number of benzene rings is 2. The Balaban J connectivity index is 0.00000220. The zero-order valence-corrected chi connectivity index (χ0v) is 14.6. The van der Waals surface area contributed by atoms with Crippen LogP contribution < -0.4 is 18.9 Å². The van der Waals surface area contributed by atoms with E-state index in [-0.39, 0.29) is 31.1 Å². The maximum absolute atomic E-state index is 2.31. The Morgan fingerprint density at radius 1 is 0.667 bits per heavy atom. The van der Waals surface area contributed by atoms with Gasteiger partial charge < -0.3 is 1.43 Å². The van der Waals surface area contributed by atoms with Gasteiger partial charge in [0, 0.05) is 0 Å². The van der Waals surface area contributed by atoms with E-state index >= 15 is 0 Å². The molecular weight excluding hydrogens is 247 g/mol. The van der Waals surface area contributed by atoms with Crippen LogP contribution in [0.3, 0.4) is 0 Å². The van der Waals surface area contributed by atoms with Crippen molar-refractivity contribution in [3.63, 3.8) is 0 Å². The van der Waals surface area contributed by atoms with E-state index in [1.54, 1.807) is 0 Å². The molecule has 2 aromatic carbocycles. The van der Waals surface area contributed by atoms with E-state index < -0.39 is 0 Å². The molecule has 0 aliphatic carbocycles. The van der Waals surface area contributed by atoms with Gasteiger partial charge in [0.15, 0.2) is 0 Å². The van der Waals surface area contributed by atoms with E-state index in [1.807, 2.05) is 0 Å². The molecule has 0 nitrogen and oxygen atoms in total. The molecule has 0 fully saturated rings. The minimum Gasteiger partial charge on any atom is -1.00 e. The maximum atomic E-state index is 2.31. The van der Waals surface area contributed by atoms with Gasteiger partial charge in [-0.05, 0) is 33.1 Å². The van der Waals surface area contributed by atoms with Gasteiger partial charge in [-0.15, -0.1) is 0 Å². The predicted molar refractivity (Wildman–Crippen MR) is 90.4 cm³/mol. The summed E-state index contributed by atoms with van der Waals surface area (Å²) in [5.41, 5.74) is 5.89. The summed E-state index contributed by atoms with van der Waals surface area (Å²) in [6, 6.07) is 17.5. The van der Waals surface area contributed by atoms with E-state index in [9.17, 15) is 0 Å². The summed E-state index contributed by atoms with van der Waals surface area (Å²) in [5, 5.41) is 0. The van der Waals surface area contributed by atoms with Gasteiger partial charge in [0.2, 0.25) is 0 Å². The molecule has 0 bridgehead atoms. The fourth-order valence-corrected chi connectivity index (χ4v) is 2.84. The summed E-state index contributed by atoms with van der Waals surface area (Å²) in [4.78, 5) is 0. The summed E-state index contributed by atoms with van der Waals surface area (Å²) < 4.78 is 0. The van der Waals surface area contributed by atoms with Crippen LogP contribution in [-0.2, 0) is 10.8 Å². The van der Waals surface area contributed by atoms with Crippen LogP contribution >= 0.6 is 0 Å². The van der Waals surface area contributed by atoms with Gasteiger partial charge in [-0.3, -0.25) is 0 Å². The van der Waals surface area contributed by atoms with Crippen molar-refractivity contribution in [1.29, 1.82) is 0 Å². The van der Waals surface area contributed by atoms with E-state index in [1.165, 1.54) is 22.3 Å². The third-order valence-corrected chi connectivity index (χ3v) is 3.71. The van der Waals surface area contributed by atoms with Crippen LogP contribution in [0.1, 0.15) is 54.1 Å². The van der Waals surface area contributed by atoms with Crippen molar-refractivity contribution in [3.05, 3.63) is 59.7 Å². The molecule has 0 atom stereocenters. The van der Waals surface area contributed by atoms with Gasteiger partial charge in [0.1, 0.15) is 0 Å². The van der Waals surface area contributed by atoms with Crippen molar-refractivity contribution in [2.75, 3.05) is 0 Å². The normalized spacial score (nSPS) is 11.9.